The van der Waals surface area contributed by atoms with Crippen LogP contribution in [0.5, 0.6) is 0 Å². The highest BCUT2D eigenvalue weighted by molar-refractivity contribution is 5.89. The van der Waals surface area contributed by atoms with Crippen LogP contribution in [0, 0.1) is 6.92 Å². The van der Waals surface area contributed by atoms with Crippen LogP contribution in [-0.2, 0) is 9.53 Å². The average molecular weight is 225 g/mol. The minimum atomic E-state index is -0.0980. The topological polar surface area (TPSA) is 76.4 Å². The standard InChI is InChI=1S/C10H15N3O3/c1-7-4-10(16-13-7)12-9(14)5-8-6-15-3-2-11-8/h4,8,11H,2-3,5-6H2,1H3,(H,12,14). The molecule has 1 unspecified atom stereocenters. The summed E-state index contributed by atoms with van der Waals surface area (Å²) in [5.41, 5.74) is 0.745. The van der Waals surface area contributed by atoms with Gasteiger partial charge in [0, 0.05) is 25.1 Å². The number of anilines is 1. The van der Waals surface area contributed by atoms with Crippen LogP contribution in [0.3, 0.4) is 0 Å². The molecule has 6 nitrogen and oxygen atoms in total. The van der Waals surface area contributed by atoms with Crippen LogP contribution in [0.1, 0.15) is 12.1 Å². The molecule has 0 radical (unpaired) electrons. The van der Waals surface area contributed by atoms with Gasteiger partial charge in [-0.2, -0.15) is 0 Å². The van der Waals surface area contributed by atoms with Crippen LogP contribution in [-0.4, -0.2) is 36.9 Å². The number of hydrogen-bond acceptors (Lipinski definition) is 5. The van der Waals surface area contributed by atoms with Gasteiger partial charge in [0.05, 0.1) is 18.9 Å². The number of rotatable bonds is 3. The van der Waals surface area contributed by atoms with Crippen LogP contribution in [0.2, 0.25) is 0 Å². The Bertz CT molecular complexity index is 358. The first kappa shape index (κ1) is 11.1. The van der Waals surface area contributed by atoms with Gasteiger partial charge in [-0.1, -0.05) is 5.16 Å². The summed E-state index contributed by atoms with van der Waals surface area (Å²) in [5.74, 6) is 0.290. The fourth-order valence-electron chi connectivity index (χ4n) is 1.59. The number of aryl methyl sites for hydroxylation is 1. The first-order valence-electron chi connectivity index (χ1n) is 5.28. The molecule has 88 valence electrons. The van der Waals surface area contributed by atoms with E-state index in [4.69, 9.17) is 9.26 Å². The van der Waals surface area contributed by atoms with Gasteiger partial charge in [0.15, 0.2) is 0 Å². The first-order chi connectivity index (χ1) is 7.74. The van der Waals surface area contributed by atoms with Crippen LogP contribution in [0.25, 0.3) is 0 Å². The summed E-state index contributed by atoms with van der Waals surface area (Å²) in [6.45, 7) is 3.87. The third-order valence-corrected chi connectivity index (χ3v) is 2.32. The molecule has 1 aliphatic rings. The minimum Gasteiger partial charge on any atom is -0.378 e. The highest BCUT2D eigenvalue weighted by atomic mass is 16.5. The van der Waals surface area contributed by atoms with Gasteiger partial charge in [0.2, 0.25) is 11.8 Å². The van der Waals surface area contributed by atoms with Gasteiger partial charge in [-0.3, -0.25) is 10.1 Å². The van der Waals surface area contributed by atoms with E-state index in [0.717, 1.165) is 12.2 Å². The zero-order valence-electron chi connectivity index (χ0n) is 9.16. The predicted molar refractivity (Wildman–Crippen MR) is 57.1 cm³/mol. The van der Waals surface area contributed by atoms with E-state index in [1.807, 2.05) is 0 Å². The Labute approximate surface area is 93.3 Å². The molecule has 0 aliphatic carbocycles. The lowest BCUT2D eigenvalue weighted by Gasteiger charge is -2.22. The number of ether oxygens (including phenoxy) is 1. The van der Waals surface area contributed by atoms with Crippen molar-refractivity contribution in [3.8, 4) is 0 Å². The Morgan fingerprint density at radius 1 is 1.75 bits per heavy atom. The van der Waals surface area contributed by atoms with Gasteiger partial charge >= 0.3 is 0 Å². The maximum absolute atomic E-state index is 11.6. The van der Waals surface area contributed by atoms with Crippen molar-refractivity contribution in [1.82, 2.24) is 10.5 Å². The normalized spacial score (nSPS) is 20.7. The largest absolute Gasteiger partial charge is 0.378 e. The molecule has 1 saturated heterocycles. The van der Waals surface area contributed by atoms with Crippen molar-refractivity contribution in [1.29, 1.82) is 0 Å². The number of morpholine rings is 1. The second-order valence-corrected chi connectivity index (χ2v) is 3.81. The van der Waals surface area contributed by atoms with Gasteiger partial charge in [-0.15, -0.1) is 0 Å². The van der Waals surface area contributed by atoms with Crippen molar-refractivity contribution in [2.45, 2.75) is 19.4 Å². The SMILES string of the molecule is Cc1cc(NC(=O)CC2COCCN2)on1. The molecule has 1 aliphatic heterocycles. The summed E-state index contributed by atoms with van der Waals surface area (Å²) in [7, 11) is 0. The molecule has 1 aromatic rings. The van der Waals surface area contributed by atoms with Crippen molar-refractivity contribution in [2.75, 3.05) is 25.1 Å². The predicted octanol–water partition coefficient (Wildman–Crippen LogP) is 0.300. The van der Waals surface area contributed by atoms with E-state index in [1.165, 1.54) is 0 Å². The average Bonchev–Trinajstić information content (AvgIpc) is 2.65. The second kappa shape index (κ2) is 5.09. The van der Waals surface area contributed by atoms with E-state index in [-0.39, 0.29) is 11.9 Å². The molecule has 0 spiro atoms. The molecule has 1 amide bonds. The number of amides is 1. The lowest BCUT2D eigenvalue weighted by Crippen LogP contribution is -2.43. The van der Waals surface area contributed by atoms with Gasteiger partial charge < -0.3 is 14.6 Å². The third kappa shape index (κ3) is 3.04. The summed E-state index contributed by atoms with van der Waals surface area (Å²) in [6, 6.07) is 1.76. The monoisotopic (exact) mass is 225 g/mol. The summed E-state index contributed by atoms with van der Waals surface area (Å²) in [4.78, 5) is 11.6. The molecular formula is C10H15N3O3. The number of hydrogen-bond donors (Lipinski definition) is 2. The number of nitrogens with zero attached hydrogens (tertiary/aromatic N) is 1. The van der Waals surface area contributed by atoms with Crippen molar-refractivity contribution >= 4 is 11.8 Å². The molecule has 6 heteroatoms. The van der Waals surface area contributed by atoms with Crippen LogP contribution < -0.4 is 10.6 Å². The molecule has 2 heterocycles. The molecule has 0 aromatic carbocycles. The molecule has 1 aromatic heterocycles. The molecule has 2 N–H and O–H groups in total. The van der Waals surface area contributed by atoms with E-state index in [2.05, 4.69) is 15.8 Å². The summed E-state index contributed by atoms with van der Waals surface area (Å²) >= 11 is 0. The van der Waals surface area contributed by atoms with Crippen LogP contribution in [0.15, 0.2) is 10.6 Å². The Kier molecular flexibility index (Phi) is 3.53. The fraction of sp³-hybridized carbons (Fsp3) is 0.600. The third-order valence-electron chi connectivity index (χ3n) is 2.32. The Hall–Kier alpha value is -1.40. The lowest BCUT2D eigenvalue weighted by atomic mass is 10.2. The zero-order valence-corrected chi connectivity index (χ0v) is 9.16. The Morgan fingerprint density at radius 2 is 2.62 bits per heavy atom. The van der Waals surface area contributed by atoms with Gasteiger partial charge in [-0.05, 0) is 6.92 Å². The van der Waals surface area contributed by atoms with E-state index in [1.54, 1.807) is 13.0 Å². The van der Waals surface area contributed by atoms with E-state index in [0.29, 0.717) is 25.5 Å². The van der Waals surface area contributed by atoms with Crippen molar-refractivity contribution in [2.24, 2.45) is 0 Å². The van der Waals surface area contributed by atoms with E-state index >= 15 is 0 Å². The maximum atomic E-state index is 11.6. The number of carbonyl (C=O) groups is 1. The first-order valence-corrected chi connectivity index (χ1v) is 5.28. The minimum absolute atomic E-state index is 0.0813. The quantitative estimate of drug-likeness (QED) is 0.773. The van der Waals surface area contributed by atoms with Crippen molar-refractivity contribution in [3.63, 3.8) is 0 Å². The van der Waals surface area contributed by atoms with Gasteiger partial charge in [0.1, 0.15) is 0 Å². The summed E-state index contributed by atoms with van der Waals surface area (Å²) < 4.78 is 10.1. The van der Waals surface area contributed by atoms with Gasteiger partial charge in [0.25, 0.3) is 0 Å². The summed E-state index contributed by atoms with van der Waals surface area (Å²) in [5, 5.41) is 9.54. The second-order valence-electron chi connectivity index (χ2n) is 3.81. The van der Waals surface area contributed by atoms with E-state index in [9.17, 15) is 4.79 Å². The van der Waals surface area contributed by atoms with Gasteiger partial charge in [-0.25, -0.2) is 0 Å². The molecular weight excluding hydrogens is 210 g/mol. The number of nitrogens with one attached hydrogen (secondary N) is 2. The van der Waals surface area contributed by atoms with Crippen molar-refractivity contribution in [3.05, 3.63) is 11.8 Å². The molecule has 0 saturated carbocycles. The molecule has 0 bridgehead atoms. The van der Waals surface area contributed by atoms with E-state index < -0.39 is 0 Å². The summed E-state index contributed by atoms with van der Waals surface area (Å²) in [6.07, 6.45) is 0.375. The lowest BCUT2D eigenvalue weighted by molar-refractivity contribution is -0.117. The molecule has 2 rings (SSSR count). The fourth-order valence-corrected chi connectivity index (χ4v) is 1.59. The Morgan fingerprint density at radius 3 is 3.25 bits per heavy atom. The number of aromatic nitrogens is 1. The highest BCUT2D eigenvalue weighted by Crippen LogP contribution is 2.09. The maximum Gasteiger partial charge on any atom is 0.231 e. The number of carbonyl (C=O) groups excluding carboxylic acids is 1. The molecule has 1 fully saturated rings. The Balaban J connectivity index is 1.79. The van der Waals surface area contributed by atoms with Crippen molar-refractivity contribution < 1.29 is 14.1 Å². The van der Waals surface area contributed by atoms with Crippen LogP contribution in [0.4, 0.5) is 5.88 Å². The molecule has 16 heavy (non-hydrogen) atoms. The molecule has 1 atom stereocenters. The smallest absolute Gasteiger partial charge is 0.231 e. The highest BCUT2D eigenvalue weighted by Gasteiger charge is 2.17. The zero-order chi connectivity index (χ0) is 11.4. The van der Waals surface area contributed by atoms with Crippen LogP contribution >= 0.6 is 0 Å².